The number of carbonyl (C=O) groups excluding carboxylic acids is 1. The van der Waals surface area contributed by atoms with Gasteiger partial charge in [-0.2, -0.15) is 0 Å². The molecule has 0 fully saturated rings. The van der Waals surface area contributed by atoms with Crippen LogP contribution in [0, 0.1) is 0 Å². The molecule has 0 bridgehead atoms. The van der Waals surface area contributed by atoms with Gasteiger partial charge in [-0.15, -0.1) is 0 Å². The maximum absolute atomic E-state index is 10.4. The van der Waals surface area contributed by atoms with Crippen LogP contribution in [0.25, 0.3) is 0 Å². The molecule has 0 amide bonds. The number of carbonyl (C=O) groups is 1. The highest BCUT2D eigenvalue weighted by Crippen LogP contribution is 2.24. The standard InChI is InChI=1S/C8H6Cl2O/c9-7-4-2-1-3-6(5-11)8(7)10/h2-5H,1H2. The van der Waals surface area contributed by atoms with Crippen LogP contribution in [0.4, 0.5) is 0 Å². The second kappa shape index (κ2) is 3.74. The van der Waals surface area contributed by atoms with Crippen molar-refractivity contribution in [2.45, 2.75) is 6.42 Å². The maximum atomic E-state index is 10.4. The Morgan fingerprint density at radius 2 is 2.18 bits per heavy atom. The van der Waals surface area contributed by atoms with Crippen molar-refractivity contribution in [2.24, 2.45) is 0 Å². The molecule has 0 saturated heterocycles. The second-order valence-corrected chi connectivity index (χ2v) is 2.86. The smallest absolute Gasteiger partial charge is 0.151 e. The van der Waals surface area contributed by atoms with Crippen molar-refractivity contribution >= 4 is 29.5 Å². The number of allylic oxidation sites excluding steroid dienone is 6. The number of aldehydes is 1. The molecule has 0 aromatic heterocycles. The summed E-state index contributed by atoms with van der Waals surface area (Å²) in [6.45, 7) is 0. The molecule has 3 heteroatoms. The lowest BCUT2D eigenvalue weighted by molar-refractivity contribution is -0.104. The molecule has 0 N–H and O–H groups in total. The second-order valence-electron chi connectivity index (χ2n) is 2.08. The average molecular weight is 189 g/mol. The van der Waals surface area contributed by atoms with E-state index < -0.39 is 0 Å². The summed E-state index contributed by atoms with van der Waals surface area (Å²) in [5, 5.41) is 0.748. The van der Waals surface area contributed by atoms with E-state index in [9.17, 15) is 4.79 Å². The van der Waals surface area contributed by atoms with Gasteiger partial charge in [-0.05, 0) is 12.5 Å². The van der Waals surface area contributed by atoms with Gasteiger partial charge in [-0.3, -0.25) is 4.79 Å². The summed E-state index contributed by atoms with van der Waals surface area (Å²) in [7, 11) is 0. The van der Waals surface area contributed by atoms with Crippen LogP contribution in [0.1, 0.15) is 6.42 Å². The Morgan fingerprint density at radius 1 is 1.45 bits per heavy atom. The third-order valence-electron chi connectivity index (χ3n) is 1.33. The van der Waals surface area contributed by atoms with Gasteiger partial charge in [0.05, 0.1) is 10.1 Å². The third kappa shape index (κ3) is 1.95. The van der Waals surface area contributed by atoms with Crippen LogP contribution in [0.15, 0.2) is 33.9 Å². The van der Waals surface area contributed by atoms with Gasteiger partial charge in [-0.25, -0.2) is 0 Å². The molecule has 0 heterocycles. The summed E-state index contributed by atoms with van der Waals surface area (Å²) in [6.07, 6.45) is 6.68. The zero-order chi connectivity index (χ0) is 8.27. The van der Waals surface area contributed by atoms with Gasteiger partial charge in [0.15, 0.2) is 6.29 Å². The Kier molecular flexibility index (Phi) is 2.92. The summed E-state index contributed by atoms with van der Waals surface area (Å²) in [5.41, 5.74) is 0.460. The van der Waals surface area contributed by atoms with Crippen molar-refractivity contribution in [2.75, 3.05) is 0 Å². The predicted octanol–water partition coefficient (Wildman–Crippen LogP) is 2.76. The van der Waals surface area contributed by atoms with E-state index in [0.717, 1.165) is 0 Å². The minimum atomic E-state index is 0.329. The summed E-state index contributed by atoms with van der Waals surface area (Å²) in [4.78, 5) is 10.4. The Bertz CT molecular complexity index is 261. The first-order valence-electron chi connectivity index (χ1n) is 3.13. The molecule has 0 unspecified atom stereocenters. The molecule has 1 aliphatic carbocycles. The molecule has 0 saturated carbocycles. The van der Waals surface area contributed by atoms with Crippen molar-refractivity contribution in [1.29, 1.82) is 0 Å². The van der Waals surface area contributed by atoms with Crippen LogP contribution in [-0.4, -0.2) is 6.29 Å². The van der Waals surface area contributed by atoms with Gasteiger partial charge in [-0.1, -0.05) is 35.4 Å². The van der Waals surface area contributed by atoms with E-state index in [1.165, 1.54) is 0 Å². The van der Waals surface area contributed by atoms with Crippen molar-refractivity contribution in [3.05, 3.63) is 33.9 Å². The van der Waals surface area contributed by atoms with Gasteiger partial charge >= 0.3 is 0 Å². The number of halogens is 2. The molecule has 0 aromatic rings. The van der Waals surface area contributed by atoms with Crippen LogP contribution in [-0.2, 0) is 4.79 Å². The highest BCUT2D eigenvalue weighted by molar-refractivity contribution is 6.43. The Hall–Kier alpha value is -0.530. The van der Waals surface area contributed by atoms with E-state index in [4.69, 9.17) is 23.2 Å². The molecule has 0 spiro atoms. The summed E-state index contributed by atoms with van der Waals surface area (Å²) < 4.78 is 0. The molecule has 0 aliphatic heterocycles. The fourth-order valence-electron chi connectivity index (χ4n) is 0.767. The zero-order valence-corrected chi connectivity index (χ0v) is 7.19. The summed E-state index contributed by atoms with van der Waals surface area (Å²) in [5.74, 6) is 0. The molecular weight excluding hydrogens is 183 g/mol. The number of hydrogen-bond acceptors (Lipinski definition) is 1. The quantitative estimate of drug-likeness (QED) is 0.579. The van der Waals surface area contributed by atoms with Gasteiger partial charge < -0.3 is 0 Å². The van der Waals surface area contributed by atoms with E-state index in [2.05, 4.69) is 0 Å². The lowest BCUT2D eigenvalue weighted by Crippen LogP contribution is -1.84. The molecule has 58 valence electrons. The van der Waals surface area contributed by atoms with Crippen LogP contribution in [0.2, 0.25) is 0 Å². The topological polar surface area (TPSA) is 17.1 Å². The molecule has 0 radical (unpaired) electrons. The lowest BCUT2D eigenvalue weighted by Gasteiger charge is -1.95. The highest BCUT2D eigenvalue weighted by Gasteiger charge is 2.06. The highest BCUT2D eigenvalue weighted by atomic mass is 35.5. The molecule has 0 atom stereocenters. The first-order valence-corrected chi connectivity index (χ1v) is 3.89. The van der Waals surface area contributed by atoms with E-state index in [1.54, 1.807) is 12.2 Å². The average Bonchev–Trinajstić information content (AvgIpc) is 2.16. The fourth-order valence-corrected chi connectivity index (χ4v) is 1.15. The number of hydrogen-bond donors (Lipinski definition) is 0. The van der Waals surface area contributed by atoms with Crippen molar-refractivity contribution in [3.8, 4) is 0 Å². The third-order valence-corrected chi connectivity index (χ3v) is 2.16. The summed E-state index contributed by atoms with van der Waals surface area (Å²) in [6, 6.07) is 0. The van der Waals surface area contributed by atoms with E-state index in [1.807, 2.05) is 6.08 Å². The number of rotatable bonds is 1. The Labute approximate surface area is 75.0 Å². The van der Waals surface area contributed by atoms with Crippen molar-refractivity contribution < 1.29 is 4.79 Å². The normalized spacial score (nSPS) is 17.8. The lowest BCUT2D eigenvalue weighted by atomic mass is 10.2. The first-order chi connectivity index (χ1) is 5.25. The van der Waals surface area contributed by atoms with Crippen molar-refractivity contribution in [1.82, 2.24) is 0 Å². The van der Waals surface area contributed by atoms with Gasteiger partial charge in [0, 0.05) is 5.57 Å². The maximum Gasteiger partial charge on any atom is 0.151 e. The molecule has 1 rings (SSSR count). The minimum absolute atomic E-state index is 0.329. The van der Waals surface area contributed by atoms with Crippen LogP contribution >= 0.6 is 23.2 Å². The molecule has 1 nitrogen and oxygen atoms in total. The van der Waals surface area contributed by atoms with Gasteiger partial charge in [0.1, 0.15) is 0 Å². The molecule has 11 heavy (non-hydrogen) atoms. The van der Waals surface area contributed by atoms with E-state index >= 15 is 0 Å². The van der Waals surface area contributed by atoms with Crippen molar-refractivity contribution in [3.63, 3.8) is 0 Å². The van der Waals surface area contributed by atoms with Crippen LogP contribution in [0.3, 0.4) is 0 Å². The molecule has 1 aliphatic rings. The fraction of sp³-hybridized carbons (Fsp3) is 0.125. The Balaban J connectivity index is 3.07. The largest absolute Gasteiger partial charge is 0.298 e. The van der Waals surface area contributed by atoms with Crippen LogP contribution in [0.5, 0.6) is 0 Å². The van der Waals surface area contributed by atoms with E-state index in [0.29, 0.717) is 28.3 Å². The first kappa shape index (κ1) is 8.57. The monoisotopic (exact) mass is 188 g/mol. The van der Waals surface area contributed by atoms with E-state index in [-0.39, 0.29) is 0 Å². The SMILES string of the molecule is O=CC1=CCC=CC(Cl)=C1Cl. The molecule has 0 aromatic carbocycles. The van der Waals surface area contributed by atoms with Gasteiger partial charge in [0.25, 0.3) is 0 Å². The predicted molar refractivity (Wildman–Crippen MR) is 46.6 cm³/mol. The molecular formula is C8H6Cl2O. The summed E-state index contributed by atoms with van der Waals surface area (Å²) >= 11 is 11.4. The van der Waals surface area contributed by atoms with Gasteiger partial charge in [0.2, 0.25) is 0 Å². The zero-order valence-electron chi connectivity index (χ0n) is 5.68. The Morgan fingerprint density at radius 3 is 2.82 bits per heavy atom. The van der Waals surface area contributed by atoms with Crippen LogP contribution < -0.4 is 0 Å². The minimum Gasteiger partial charge on any atom is -0.298 e.